The van der Waals surface area contributed by atoms with E-state index >= 15 is 0 Å². The molecule has 0 fully saturated rings. The molecule has 0 bridgehead atoms. The van der Waals surface area contributed by atoms with Crippen LogP contribution in [0.3, 0.4) is 0 Å². The number of fused-ring (bicyclic) bond motifs is 3. The maximum Gasteiger partial charge on any atom is -0.00134 e. The van der Waals surface area contributed by atoms with E-state index in [1.807, 2.05) is 0 Å². The summed E-state index contributed by atoms with van der Waals surface area (Å²) in [6.07, 6.45) is 1.07. The Morgan fingerprint density at radius 1 is 0.526 bits per heavy atom. The second kappa shape index (κ2) is 4.10. The van der Waals surface area contributed by atoms with Crippen molar-refractivity contribution < 1.29 is 0 Å². The van der Waals surface area contributed by atoms with Gasteiger partial charge in [0.15, 0.2) is 0 Å². The highest BCUT2D eigenvalue weighted by Gasteiger charge is 2.17. The molecule has 0 nitrogen and oxygen atoms in total. The molecule has 3 aromatic rings. The maximum atomic E-state index is 2.33. The molecule has 0 N–H and O–H groups in total. The van der Waals surface area contributed by atoms with Gasteiger partial charge in [0, 0.05) is 0 Å². The van der Waals surface area contributed by atoms with Crippen molar-refractivity contribution in [2.45, 2.75) is 6.42 Å². The number of rotatable bonds is 1. The van der Waals surface area contributed by atoms with Crippen LogP contribution in [0.1, 0.15) is 11.1 Å². The van der Waals surface area contributed by atoms with Crippen LogP contribution in [0.4, 0.5) is 0 Å². The second-order valence-corrected chi connectivity index (χ2v) is 5.07. The van der Waals surface area contributed by atoms with E-state index in [1.165, 1.54) is 33.4 Å². The lowest BCUT2D eigenvalue weighted by atomic mass is 9.99. The SMILES string of the molecule is c1ccc(-c2ccc3c(c2)-c2ccccc2C3)cc1. The highest BCUT2D eigenvalue weighted by Crippen LogP contribution is 2.38. The Bertz CT molecular complexity index is 739. The van der Waals surface area contributed by atoms with Gasteiger partial charge in [-0.05, 0) is 45.9 Å². The average Bonchev–Trinajstić information content (AvgIpc) is 2.86. The Hall–Kier alpha value is -2.34. The highest BCUT2D eigenvalue weighted by atomic mass is 14.2. The fourth-order valence-electron chi connectivity index (χ4n) is 2.93. The van der Waals surface area contributed by atoms with Crippen LogP contribution >= 0.6 is 0 Å². The summed E-state index contributed by atoms with van der Waals surface area (Å²) < 4.78 is 0. The van der Waals surface area contributed by atoms with E-state index in [-0.39, 0.29) is 0 Å². The maximum absolute atomic E-state index is 2.33. The van der Waals surface area contributed by atoms with Crippen LogP contribution in [0.15, 0.2) is 72.8 Å². The van der Waals surface area contributed by atoms with Gasteiger partial charge in [0.05, 0.1) is 0 Å². The van der Waals surface area contributed by atoms with Gasteiger partial charge in [-0.25, -0.2) is 0 Å². The van der Waals surface area contributed by atoms with Crippen molar-refractivity contribution in [3.8, 4) is 22.3 Å². The van der Waals surface area contributed by atoms with Gasteiger partial charge in [0.25, 0.3) is 0 Å². The molecule has 0 amide bonds. The van der Waals surface area contributed by atoms with Gasteiger partial charge in [0.1, 0.15) is 0 Å². The third-order valence-electron chi connectivity index (χ3n) is 3.91. The molecule has 0 aliphatic heterocycles. The lowest BCUT2D eigenvalue weighted by molar-refractivity contribution is 1.26. The topological polar surface area (TPSA) is 0 Å². The minimum atomic E-state index is 1.07. The van der Waals surface area contributed by atoms with Crippen molar-refractivity contribution in [1.29, 1.82) is 0 Å². The molecule has 0 spiro atoms. The van der Waals surface area contributed by atoms with E-state index in [0.29, 0.717) is 0 Å². The predicted octanol–water partition coefficient (Wildman–Crippen LogP) is 4.92. The van der Waals surface area contributed by atoms with Crippen LogP contribution in [0.25, 0.3) is 22.3 Å². The van der Waals surface area contributed by atoms with E-state index in [4.69, 9.17) is 0 Å². The summed E-state index contributed by atoms with van der Waals surface area (Å²) >= 11 is 0. The highest BCUT2D eigenvalue weighted by molar-refractivity contribution is 5.81. The van der Waals surface area contributed by atoms with Gasteiger partial charge in [-0.2, -0.15) is 0 Å². The Balaban J connectivity index is 1.89. The molecule has 1 aliphatic carbocycles. The second-order valence-electron chi connectivity index (χ2n) is 5.07. The van der Waals surface area contributed by atoms with Crippen LogP contribution in [0.2, 0.25) is 0 Å². The molecule has 0 heteroatoms. The summed E-state index contributed by atoms with van der Waals surface area (Å²) in [5, 5.41) is 0. The van der Waals surface area contributed by atoms with Crippen molar-refractivity contribution in [2.24, 2.45) is 0 Å². The van der Waals surface area contributed by atoms with Gasteiger partial charge in [-0.1, -0.05) is 66.7 Å². The first-order valence-electron chi connectivity index (χ1n) is 6.68. The molecule has 3 aromatic carbocycles. The zero-order valence-electron chi connectivity index (χ0n) is 10.6. The van der Waals surface area contributed by atoms with E-state index in [2.05, 4.69) is 72.8 Å². The van der Waals surface area contributed by atoms with Crippen LogP contribution in [-0.2, 0) is 6.42 Å². The quantitative estimate of drug-likeness (QED) is 0.444. The smallest absolute Gasteiger partial charge is 0.00134 e. The molecule has 1 aliphatic rings. The first-order chi connectivity index (χ1) is 9.42. The monoisotopic (exact) mass is 242 g/mol. The molecule has 4 rings (SSSR count). The van der Waals surface area contributed by atoms with Crippen molar-refractivity contribution in [2.75, 3.05) is 0 Å². The summed E-state index contributed by atoms with van der Waals surface area (Å²) in [6.45, 7) is 0. The van der Waals surface area contributed by atoms with Crippen LogP contribution < -0.4 is 0 Å². The number of hydrogen-bond acceptors (Lipinski definition) is 0. The lowest BCUT2D eigenvalue weighted by Gasteiger charge is -2.06. The minimum absolute atomic E-state index is 1.07. The fraction of sp³-hybridized carbons (Fsp3) is 0.0526. The molecule has 0 saturated carbocycles. The van der Waals surface area contributed by atoms with E-state index in [0.717, 1.165) is 6.42 Å². The molecule has 0 heterocycles. The normalized spacial score (nSPS) is 12.0. The van der Waals surface area contributed by atoms with E-state index in [1.54, 1.807) is 0 Å². The lowest BCUT2D eigenvalue weighted by Crippen LogP contribution is -1.82. The Kier molecular flexibility index (Phi) is 2.28. The van der Waals surface area contributed by atoms with Gasteiger partial charge < -0.3 is 0 Å². The van der Waals surface area contributed by atoms with Crippen LogP contribution in [-0.4, -0.2) is 0 Å². The number of benzene rings is 3. The average molecular weight is 242 g/mol. The zero-order chi connectivity index (χ0) is 12.7. The van der Waals surface area contributed by atoms with Gasteiger partial charge >= 0.3 is 0 Å². The van der Waals surface area contributed by atoms with Crippen molar-refractivity contribution >= 4 is 0 Å². The first kappa shape index (κ1) is 10.6. The van der Waals surface area contributed by atoms with Crippen LogP contribution in [0.5, 0.6) is 0 Å². The van der Waals surface area contributed by atoms with Crippen LogP contribution in [0, 0.1) is 0 Å². The Labute approximate surface area is 113 Å². The van der Waals surface area contributed by atoms with Crippen molar-refractivity contribution in [1.82, 2.24) is 0 Å². The summed E-state index contributed by atoms with van der Waals surface area (Å²) in [7, 11) is 0. The first-order valence-corrected chi connectivity index (χ1v) is 6.68. The Morgan fingerprint density at radius 2 is 1.26 bits per heavy atom. The predicted molar refractivity (Wildman–Crippen MR) is 80.1 cm³/mol. The fourth-order valence-corrected chi connectivity index (χ4v) is 2.93. The van der Waals surface area contributed by atoms with Gasteiger partial charge in [-0.15, -0.1) is 0 Å². The molecule has 90 valence electrons. The van der Waals surface area contributed by atoms with Crippen molar-refractivity contribution in [3.63, 3.8) is 0 Å². The van der Waals surface area contributed by atoms with Gasteiger partial charge in [-0.3, -0.25) is 0 Å². The summed E-state index contributed by atoms with van der Waals surface area (Å²) in [4.78, 5) is 0. The van der Waals surface area contributed by atoms with E-state index < -0.39 is 0 Å². The molecular formula is C19H14. The molecule has 0 saturated heterocycles. The molecule has 0 radical (unpaired) electrons. The zero-order valence-corrected chi connectivity index (χ0v) is 10.6. The molecular weight excluding hydrogens is 228 g/mol. The molecule has 0 unspecified atom stereocenters. The summed E-state index contributed by atoms with van der Waals surface area (Å²) in [6, 6.07) is 26.2. The molecule has 0 aromatic heterocycles. The summed E-state index contributed by atoms with van der Waals surface area (Å²) in [5.74, 6) is 0. The van der Waals surface area contributed by atoms with E-state index in [9.17, 15) is 0 Å². The summed E-state index contributed by atoms with van der Waals surface area (Å²) in [5.41, 5.74) is 8.28. The third kappa shape index (κ3) is 1.68. The third-order valence-corrected chi connectivity index (χ3v) is 3.91. The standard InChI is InChI=1S/C19H14/c1-2-6-14(7-3-1)15-10-11-17-12-16-8-4-5-9-18(16)19(17)13-15/h1-11,13H,12H2. The molecule has 0 atom stereocenters. The largest absolute Gasteiger partial charge is 0.0622 e. The Morgan fingerprint density at radius 3 is 2.16 bits per heavy atom. The number of hydrogen-bond donors (Lipinski definition) is 0. The molecule has 19 heavy (non-hydrogen) atoms. The van der Waals surface area contributed by atoms with Gasteiger partial charge in [0.2, 0.25) is 0 Å². The van der Waals surface area contributed by atoms with Crippen molar-refractivity contribution in [3.05, 3.63) is 83.9 Å². The minimum Gasteiger partial charge on any atom is -0.0622 e.